The van der Waals surface area contributed by atoms with Gasteiger partial charge in [0.05, 0.1) is 6.61 Å². The number of rotatable bonds is 3. The van der Waals surface area contributed by atoms with Crippen molar-refractivity contribution in [2.45, 2.75) is 6.92 Å². The number of amides is 3. The van der Waals surface area contributed by atoms with Gasteiger partial charge in [0.15, 0.2) is 0 Å². The third-order valence-corrected chi connectivity index (χ3v) is 1.02. The zero-order chi connectivity index (χ0) is 11.8. The molecule has 3 amide bonds. The smallest absolute Gasteiger partial charge is 0.440 e. The normalized spacial score (nSPS) is 8.60. The Kier molecular flexibility index (Phi) is 5.31. The Bertz CT molecular complexity index is 288. The van der Waals surface area contributed by atoms with Crippen molar-refractivity contribution < 1.29 is 24.0 Å². The van der Waals surface area contributed by atoms with E-state index in [-0.39, 0.29) is 6.61 Å². The van der Waals surface area contributed by atoms with Gasteiger partial charge in [-0.2, -0.15) is 0 Å². The lowest BCUT2D eigenvalue weighted by Crippen LogP contribution is -2.35. The van der Waals surface area contributed by atoms with Gasteiger partial charge in [0.2, 0.25) is 0 Å². The maximum absolute atomic E-state index is 10.9. The zero-order valence-electron chi connectivity index (χ0n) is 8.03. The number of carbonyl (C=O) groups excluding carboxylic acids is 3. The topological polar surface area (TPSA) is 120 Å². The van der Waals surface area contributed by atoms with Crippen molar-refractivity contribution in [1.82, 2.24) is 10.8 Å². The molecular formula is C7H11N3O5. The van der Waals surface area contributed by atoms with Crippen LogP contribution >= 0.6 is 0 Å². The number of urea groups is 1. The van der Waals surface area contributed by atoms with Gasteiger partial charge in [0, 0.05) is 0 Å². The van der Waals surface area contributed by atoms with Crippen molar-refractivity contribution in [2.24, 2.45) is 5.73 Å². The second-order valence-electron chi connectivity index (χ2n) is 2.18. The van der Waals surface area contributed by atoms with Crippen LogP contribution in [0.2, 0.25) is 0 Å². The van der Waals surface area contributed by atoms with Crippen molar-refractivity contribution in [2.75, 3.05) is 6.61 Å². The van der Waals surface area contributed by atoms with Crippen molar-refractivity contribution in [3.05, 3.63) is 12.3 Å². The number of nitrogens with one attached hydrogen (secondary N) is 2. The van der Waals surface area contributed by atoms with Gasteiger partial charge < -0.3 is 20.6 Å². The number of carbonyl (C=O) groups is 3. The number of hydrogen-bond acceptors (Lipinski definition) is 5. The van der Waals surface area contributed by atoms with E-state index in [4.69, 9.17) is 5.73 Å². The quantitative estimate of drug-likeness (QED) is 0.429. The molecule has 0 heterocycles. The molecule has 0 radical (unpaired) electrons. The van der Waals surface area contributed by atoms with Gasteiger partial charge >= 0.3 is 18.1 Å². The van der Waals surface area contributed by atoms with E-state index in [0.717, 1.165) is 0 Å². The Morgan fingerprint density at radius 1 is 1.40 bits per heavy atom. The average Bonchev–Trinajstić information content (AvgIpc) is 2.13. The third kappa shape index (κ3) is 5.91. The number of ether oxygens (including phenoxy) is 1. The first kappa shape index (κ1) is 12.8. The Balaban J connectivity index is 3.88. The number of hydrogen-bond donors (Lipinski definition) is 3. The highest BCUT2D eigenvalue weighted by atomic mass is 16.7. The maximum atomic E-state index is 10.9. The van der Waals surface area contributed by atoms with Crippen LogP contribution in [0.5, 0.6) is 0 Å². The molecule has 4 N–H and O–H groups in total. The predicted octanol–water partition coefficient (Wildman–Crippen LogP) is -0.627. The monoisotopic (exact) mass is 217 g/mol. The molecule has 0 aliphatic heterocycles. The molecule has 0 saturated heterocycles. The highest BCUT2D eigenvalue weighted by Gasteiger charge is 2.12. The first-order valence-corrected chi connectivity index (χ1v) is 3.86. The fraction of sp³-hybridized carbons (Fsp3) is 0.286. The van der Waals surface area contributed by atoms with Crippen LogP contribution in [0.3, 0.4) is 0 Å². The first-order chi connectivity index (χ1) is 6.97. The van der Waals surface area contributed by atoms with Gasteiger partial charge in [-0.1, -0.05) is 6.58 Å². The third-order valence-electron chi connectivity index (χ3n) is 1.02. The molecule has 0 aromatic rings. The number of nitrogens with two attached hydrogens (primary N) is 1. The van der Waals surface area contributed by atoms with E-state index in [2.05, 4.69) is 16.2 Å². The van der Waals surface area contributed by atoms with Crippen LogP contribution in [0.15, 0.2) is 12.3 Å². The minimum Gasteiger partial charge on any atom is -0.448 e. The number of hydroxylamine groups is 1. The molecule has 0 atom stereocenters. The van der Waals surface area contributed by atoms with Gasteiger partial charge in [0.25, 0.3) is 0 Å². The molecule has 0 rings (SSSR count). The van der Waals surface area contributed by atoms with E-state index in [9.17, 15) is 14.4 Å². The van der Waals surface area contributed by atoms with Crippen molar-refractivity contribution in [3.63, 3.8) is 0 Å². The molecule has 8 nitrogen and oxygen atoms in total. The van der Waals surface area contributed by atoms with Crippen molar-refractivity contribution in [1.29, 1.82) is 0 Å². The van der Waals surface area contributed by atoms with E-state index in [1.54, 1.807) is 12.4 Å². The van der Waals surface area contributed by atoms with Crippen LogP contribution in [0.1, 0.15) is 6.92 Å². The second-order valence-corrected chi connectivity index (χ2v) is 2.18. The molecule has 0 bridgehead atoms. The number of primary amides is 1. The SMILES string of the molecule is C=C(NC(N)=O)C(=O)ONC(=O)OCC. The maximum Gasteiger partial charge on any atom is 0.440 e. The summed E-state index contributed by atoms with van der Waals surface area (Å²) >= 11 is 0. The molecule has 0 aliphatic rings. The largest absolute Gasteiger partial charge is 0.448 e. The van der Waals surface area contributed by atoms with Gasteiger partial charge in [-0.3, -0.25) is 0 Å². The Morgan fingerprint density at radius 3 is 2.47 bits per heavy atom. The van der Waals surface area contributed by atoms with Crippen LogP contribution in [-0.4, -0.2) is 24.7 Å². The summed E-state index contributed by atoms with van der Waals surface area (Å²) in [5.74, 6) is -1.05. The standard InChI is InChI=1S/C7H11N3O5/c1-3-14-7(13)10-15-5(11)4(2)9-6(8)12/h2-3H2,1H3,(H,10,13)(H3,8,9,12). The summed E-state index contributed by atoms with van der Waals surface area (Å²) in [5.41, 5.74) is 5.97. The summed E-state index contributed by atoms with van der Waals surface area (Å²) in [4.78, 5) is 36.0. The van der Waals surface area contributed by atoms with Crippen LogP contribution in [0, 0.1) is 0 Å². The van der Waals surface area contributed by atoms with Crippen molar-refractivity contribution >= 4 is 18.1 Å². The molecule has 0 aliphatic carbocycles. The molecule has 0 aromatic carbocycles. The molecule has 0 saturated carbocycles. The molecule has 0 unspecified atom stereocenters. The van der Waals surface area contributed by atoms with Crippen LogP contribution in [-0.2, 0) is 14.4 Å². The minimum atomic E-state index is -1.05. The van der Waals surface area contributed by atoms with E-state index in [1.807, 2.05) is 5.32 Å². The van der Waals surface area contributed by atoms with Gasteiger partial charge in [-0.25, -0.2) is 14.4 Å². The Hall–Kier alpha value is -2.25. The summed E-state index contributed by atoms with van der Waals surface area (Å²) in [6.07, 6.45) is -0.933. The second kappa shape index (κ2) is 6.24. The lowest BCUT2D eigenvalue weighted by Gasteiger charge is -2.06. The summed E-state index contributed by atoms with van der Waals surface area (Å²) in [6, 6.07) is -0.965. The van der Waals surface area contributed by atoms with Crippen LogP contribution < -0.4 is 16.5 Å². The highest BCUT2D eigenvalue weighted by molar-refractivity contribution is 5.92. The molecular weight excluding hydrogens is 206 g/mol. The van der Waals surface area contributed by atoms with E-state index < -0.39 is 23.8 Å². The summed E-state index contributed by atoms with van der Waals surface area (Å²) in [5, 5.41) is 1.88. The van der Waals surface area contributed by atoms with Crippen LogP contribution in [0.4, 0.5) is 9.59 Å². The molecule has 0 fully saturated rings. The molecule has 0 spiro atoms. The highest BCUT2D eigenvalue weighted by Crippen LogP contribution is 1.87. The van der Waals surface area contributed by atoms with Gasteiger partial charge in [-0.05, 0) is 6.92 Å². The first-order valence-electron chi connectivity index (χ1n) is 3.86. The Labute approximate surface area is 85.3 Å². The van der Waals surface area contributed by atoms with Crippen LogP contribution in [0.25, 0.3) is 0 Å². The molecule has 0 aromatic heterocycles. The van der Waals surface area contributed by atoms with E-state index >= 15 is 0 Å². The molecule has 8 heteroatoms. The summed E-state index contributed by atoms with van der Waals surface area (Å²) in [6.45, 7) is 4.85. The fourth-order valence-corrected chi connectivity index (χ4v) is 0.510. The van der Waals surface area contributed by atoms with E-state index in [1.165, 1.54) is 0 Å². The lowest BCUT2D eigenvalue weighted by atomic mass is 10.5. The van der Waals surface area contributed by atoms with Crippen molar-refractivity contribution in [3.8, 4) is 0 Å². The molecule has 84 valence electrons. The Morgan fingerprint density at radius 2 is 2.00 bits per heavy atom. The van der Waals surface area contributed by atoms with E-state index in [0.29, 0.717) is 0 Å². The van der Waals surface area contributed by atoms with Gasteiger partial charge in [0.1, 0.15) is 5.70 Å². The summed E-state index contributed by atoms with van der Waals surface area (Å²) in [7, 11) is 0. The minimum absolute atomic E-state index is 0.129. The zero-order valence-corrected chi connectivity index (χ0v) is 8.03. The van der Waals surface area contributed by atoms with Gasteiger partial charge in [-0.15, -0.1) is 5.48 Å². The predicted molar refractivity (Wildman–Crippen MR) is 48.1 cm³/mol. The fourth-order valence-electron chi connectivity index (χ4n) is 0.510. The molecule has 15 heavy (non-hydrogen) atoms. The lowest BCUT2D eigenvalue weighted by molar-refractivity contribution is -0.145. The summed E-state index contributed by atoms with van der Waals surface area (Å²) < 4.78 is 4.38. The average molecular weight is 217 g/mol.